The normalized spacial score (nSPS) is 19.8. The van der Waals surface area contributed by atoms with Crippen LogP contribution in [0.5, 0.6) is 11.5 Å². The molecular formula is C13H12O3. The molecule has 0 saturated heterocycles. The van der Waals surface area contributed by atoms with Gasteiger partial charge in [-0.05, 0) is 23.8 Å². The van der Waals surface area contributed by atoms with Crippen molar-refractivity contribution in [1.82, 2.24) is 0 Å². The summed E-state index contributed by atoms with van der Waals surface area (Å²) < 4.78 is 10.6. The van der Waals surface area contributed by atoms with E-state index in [-0.39, 0.29) is 18.0 Å². The number of hydrogen-bond acceptors (Lipinski definition) is 3. The maximum Gasteiger partial charge on any atom is 0.231 e. The first-order valence-corrected chi connectivity index (χ1v) is 5.26. The summed E-state index contributed by atoms with van der Waals surface area (Å²) >= 11 is 0. The monoisotopic (exact) mass is 216 g/mol. The maximum absolute atomic E-state index is 11.8. The number of carbonyl (C=O) groups excluding carboxylic acids is 1. The highest BCUT2D eigenvalue weighted by atomic mass is 16.7. The SMILES string of the molecule is CC1(C)C=CC(=O)c2cc3c(cc21)OCO3. The van der Waals surface area contributed by atoms with Crippen LogP contribution in [0.2, 0.25) is 0 Å². The molecule has 0 aromatic heterocycles. The third-order valence-corrected chi connectivity index (χ3v) is 3.12. The quantitative estimate of drug-likeness (QED) is 0.668. The smallest absolute Gasteiger partial charge is 0.231 e. The summed E-state index contributed by atoms with van der Waals surface area (Å²) in [7, 11) is 0. The predicted molar refractivity (Wildman–Crippen MR) is 59.1 cm³/mol. The van der Waals surface area contributed by atoms with Gasteiger partial charge in [-0.15, -0.1) is 0 Å². The zero-order chi connectivity index (χ0) is 11.3. The highest BCUT2D eigenvalue weighted by Crippen LogP contribution is 2.41. The number of rotatable bonds is 0. The van der Waals surface area contributed by atoms with Crippen molar-refractivity contribution in [3.8, 4) is 11.5 Å². The van der Waals surface area contributed by atoms with E-state index >= 15 is 0 Å². The summed E-state index contributed by atoms with van der Waals surface area (Å²) in [6.45, 7) is 4.40. The molecule has 82 valence electrons. The Hall–Kier alpha value is -1.77. The summed E-state index contributed by atoms with van der Waals surface area (Å²) in [6, 6.07) is 3.70. The van der Waals surface area contributed by atoms with Crippen LogP contribution in [-0.4, -0.2) is 12.6 Å². The van der Waals surface area contributed by atoms with Crippen LogP contribution in [0, 0.1) is 0 Å². The van der Waals surface area contributed by atoms with Gasteiger partial charge in [0.15, 0.2) is 17.3 Å². The molecule has 1 aliphatic heterocycles. The van der Waals surface area contributed by atoms with E-state index in [2.05, 4.69) is 13.8 Å². The summed E-state index contributed by atoms with van der Waals surface area (Å²) in [5.74, 6) is 1.43. The van der Waals surface area contributed by atoms with E-state index in [1.54, 1.807) is 12.1 Å². The van der Waals surface area contributed by atoms with Crippen LogP contribution >= 0.6 is 0 Å². The highest BCUT2D eigenvalue weighted by Gasteiger charge is 2.30. The molecule has 1 aromatic carbocycles. The van der Waals surface area contributed by atoms with Crippen molar-refractivity contribution in [2.24, 2.45) is 0 Å². The molecule has 0 atom stereocenters. The fraction of sp³-hybridized carbons (Fsp3) is 0.308. The molecule has 0 unspecified atom stereocenters. The van der Waals surface area contributed by atoms with Gasteiger partial charge in [0.1, 0.15) is 0 Å². The number of ether oxygens (including phenoxy) is 2. The molecule has 1 aliphatic carbocycles. The molecule has 0 saturated carbocycles. The van der Waals surface area contributed by atoms with Crippen LogP contribution in [0.1, 0.15) is 29.8 Å². The molecule has 1 heterocycles. The van der Waals surface area contributed by atoms with Gasteiger partial charge in [-0.3, -0.25) is 4.79 Å². The van der Waals surface area contributed by atoms with Gasteiger partial charge in [0.25, 0.3) is 0 Å². The largest absolute Gasteiger partial charge is 0.454 e. The Morgan fingerprint density at radius 3 is 2.62 bits per heavy atom. The van der Waals surface area contributed by atoms with Crippen molar-refractivity contribution < 1.29 is 14.3 Å². The number of ketones is 1. The van der Waals surface area contributed by atoms with Gasteiger partial charge in [-0.25, -0.2) is 0 Å². The van der Waals surface area contributed by atoms with Crippen molar-refractivity contribution in [2.45, 2.75) is 19.3 Å². The Morgan fingerprint density at radius 2 is 1.88 bits per heavy atom. The number of carbonyl (C=O) groups is 1. The first-order valence-electron chi connectivity index (χ1n) is 5.26. The average Bonchev–Trinajstić information content (AvgIpc) is 2.69. The maximum atomic E-state index is 11.8. The van der Waals surface area contributed by atoms with Gasteiger partial charge in [-0.1, -0.05) is 19.9 Å². The van der Waals surface area contributed by atoms with Crippen molar-refractivity contribution >= 4 is 5.78 Å². The Bertz CT molecular complexity index is 512. The highest BCUT2D eigenvalue weighted by molar-refractivity contribution is 6.07. The molecule has 1 aromatic rings. The number of benzene rings is 1. The number of allylic oxidation sites excluding steroid dienone is 2. The Balaban J connectivity index is 2.26. The van der Waals surface area contributed by atoms with Gasteiger partial charge in [-0.2, -0.15) is 0 Å². The molecule has 0 amide bonds. The first kappa shape index (κ1) is 9.46. The van der Waals surface area contributed by atoms with Crippen molar-refractivity contribution in [3.05, 3.63) is 35.4 Å². The molecule has 0 fully saturated rings. The van der Waals surface area contributed by atoms with Crippen molar-refractivity contribution in [1.29, 1.82) is 0 Å². The van der Waals surface area contributed by atoms with Gasteiger partial charge in [0.05, 0.1) is 0 Å². The second-order valence-electron chi connectivity index (χ2n) is 4.67. The molecule has 0 radical (unpaired) electrons. The lowest BCUT2D eigenvalue weighted by atomic mass is 9.77. The zero-order valence-electron chi connectivity index (χ0n) is 9.24. The molecule has 2 aliphatic rings. The minimum absolute atomic E-state index is 0.0348. The Kier molecular flexibility index (Phi) is 1.70. The lowest BCUT2D eigenvalue weighted by molar-refractivity contribution is 0.104. The molecule has 0 spiro atoms. The van der Waals surface area contributed by atoms with E-state index in [0.717, 1.165) is 16.9 Å². The molecule has 3 nitrogen and oxygen atoms in total. The first-order chi connectivity index (χ1) is 7.58. The van der Waals surface area contributed by atoms with Crippen LogP contribution in [0.3, 0.4) is 0 Å². The zero-order valence-corrected chi connectivity index (χ0v) is 9.24. The van der Waals surface area contributed by atoms with Crippen molar-refractivity contribution in [3.63, 3.8) is 0 Å². The third-order valence-electron chi connectivity index (χ3n) is 3.12. The average molecular weight is 216 g/mol. The Labute approximate surface area is 93.7 Å². The van der Waals surface area contributed by atoms with Crippen LogP contribution in [0.4, 0.5) is 0 Å². The summed E-state index contributed by atoms with van der Waals surface area (Å²) in [5, 5.41) is 0. The summed E-state index contributed by atoms with van der Waals surface area (Å²) in [4.78, 5) is 11.8. The molecule has 3 heteroatoms. The molecule has 16 heavy (non-hydrogen) atoms. The predicted octanol–water partition coefficient (Wildman–Crippen LogP) is 2.45. The molecular weight excluding hydrogens is 204 g/mol. The van der Waals surface area contributed by atoms with Crippen LogP contribution in [0.25, 0.3) is 0 Å². The van der Waals surface area contributed by atoms with Gasteiger partial charge in [0.2, 0.25) is 6.79 Å². The number of fused-ring (bicyclic) bond motifs is 2. The van der Waals surface area contributed by atoms with E-state index in [4.69, 9.17) is 9.47 Å². The third kappa shape index (κ3) is 1.18. The van der Waals surface area contributed by atoms with Crippen LogP contribution in [-0.2, 0) is 5.41 Å². The molecule has 0 N–H and O–H groups in total. The van der Waals surface area contributed by atoms with E-state index in [1.165, 1.54) is 0 Å². The fourth-order valence-electron chi connectivity index (χ4n) is 2.14. The van der Waals surface area contributed by atoms with Gasteiger partial charge in [0, 0.05) is 11.0 Å². The van der Waals surface area contributed by atoms with Gasteiger partial charge < -0.3 is 9.47 Å². The van der Waals surface area contributed by atoms with Crippen LogP contribution in [0.15, 0.2) is 24.3 Å². The fourth-order valence-corrected chi connectivity index (χ4v) is 2.14. The second kappa shape index (κ2) is 2.88. The van der Waals surface area contributed by atoms with Crippen LogP contribution < -0.4 is 9.47 Å². The molecule has 3 rings (SSSR count). The Morgan fingerprint density at radius 1 is 1.19 bits per heavy atom. The van der Waals surface area contributed by atoms with E-state index < -0.39 is 0 Å². The molecule has 0 bridgehead atoms. The summed E-state index contributed by atoms with van der Waals surface area (Å²) in [6.07, 6.45) is 3.56. The minimum Gasteiger partial charge on any atom is -0.454 e. The standard InChI is InChI=1S/C13H12O3/c1-13(2)4-3-10(14)8-5-11-12(6-9(8)13)16-7-15-11/h3-6H,7H2,1-2H3. The van der Waals surface area contributed by atoms with E-state index in [0.29, 0.717) is 5.75 Å². The van der Waals surface area contributed by atoms with E-state index in [1.807, 2.05) is 12.1 Å². The minimum atomic E-state index is -0.135. The lowest BCUT2D eigenvalue weighted by Crippen LogP contribution is -2.22. The summed E-state index contributed by atoms with van der Waals surface area (Å²) in [5.41, 5.74) is 1.59. The second-order valence-corrected chi connectivity index (χ2v) is 4.67. The lowest BCUT2D eigenvalue weighted by Gasteiger charge is -2.27. The van der Waals surface area contributed by atoms with E-state index in [9.17, 15) is 4.79 Å². The number of hydrogen-bond donors (Lipinski definition) is 0. The van der Waals surface area contributed by atoms with Gasteiger partial charge >= 0.3 is 0 Å². The topological polar surface area (TPSA) is 35.5 Å². The van der Waals surface area contributed by atoms with Crippen molar-refractivity contribution in [2.75, 3.05) is 6.79 Å².